The summed E-state index contributed by atoms with van der Waals surface area (Å²) in [5, 5.41) is 2.77. The van der Waals surface area contributed by atoms with Crippen molar-refractivity contribution in [3.05, 3.63) is 59.7 Å². The standard InChI is InChI=1S/C19H25N3O3S.ClH/c1-19(2,3)22-26(24,25)17-7-5-4-6-15(17)13-21-18(23)12-14-8-10-16(20)11-9-14;/h4-11,22H,12-13,20H2,1-3H3,(H,21,23);1H. The van der Waals surface area contributed by atoms with Gasteiger partial charge in [-0.3, -0.25) is 4.79 Å². The van der Waals surface area contributed by atoms with E-state index < -0.39 is 15.6 Å². The highest BCUT2D eigenvalue weighted by Crippen LogP contribution is 2.17. The fraction of sp³-hybridized carbons (Fsp3) is 0.316. The monoisotopic (exact) mass is 411 g/mol. The zero-order chi connectivity index (χ0) is 19.4. The van der Waals surface area contributed by atoms with Crippen LogP contribution < -0.4 is 15.8 Å². The second-order valence-corrected chi connectivity index (χ2v) is 8.81. The van der Waals surface area contributed by atoms with Crippen molar-refractivity contribution in [1.82, 2.24) is 10.0 Å². The lowest BCUT2D eigenvalue weighted by molar-refractivity contribution is -0.120. The first kappa shape index (κ1) is 23.0. The smallest absolute Gasteiger partial charge is 0.241 e. The van der Waals surface area contributed by atoms with Crippen LogP contribution in [0.5, 0.6) is 0 Å². The average molecular weight is 412 g/mol. The Labute approximate surface area is 167 Å². The number of amides is 1. The van der Waals surface area contributed by atoms with Crippen LogP contribution in [0.1, 0.15) is 31.9 Å². The molecule has 0 bridgehead atoms. The third kappa shape index (κ3) is 7.21. The molecule has 148 valence electrons. The molecule has 4 N–H and O–H groups in total. The molecule has 0 fully saturated rings. The van der Waals surface area contributed by atoms with E-state index in [4.69, 9.17) is 5.73 Å². The summed E-state index contributed by atoms with van der Waals surface area (Å²) in [5.74, 6) is -0.189. The molecular weight excluding hydrogens is 386 g/mol. The van der Waals surface area contributed by atoms with E-state index in [9.17, 15) is 13.2 Å². The van der Waals surface area contributed by atoms with Gasteiger partial charge < -0.3 is 11.1 Å². The normalized spacial score (nSPS) is 11.5. The number of sulfonamides is 1. The number of carbonyl (C=O) groups is 1. The Morgan fingerprint density at radius 1 is 1.04 bits per heavy atom. The van der Waals surface area contributed by atoms with Gasteiger partial charge in [0.1, 0.15) is 0 Å². The third-order valence-corrected chi connectivity index (χ3v) is 5.38. The quantitative estimate of drug-likeness (QED) is 0.636. The van der Waals surface area contributed by atoms with Crippen molar-refractivity contribution >= 4 is 34.0 Å². The molecule has 27 heavy (non-hydrogen) atoms. The molecule has 0 aliphatic rings. The Morgan fingerprint density at radius 3 is 2.22 bits per heavy atom. The maximum absolute atomic E-state index is 12.6. The minimum Gasteiger partial charge on any atom is -0.399 e. The van der Waals surface area contributed by atoms with Crippen LogP contribution in [0, 0.1) is 0 Å². The van der Waals surface area contributed by atoms with Crippen LogP contribution in [-0.2, 0) is 27.8 Å². The fourth-order valence-electron chi connectivity index (χ4n) is 2.45. The molecule has 2 aromatic carbocycles. The van der Waals surface area contributed by atoms with E-state index >= 15 is 0 Å². The number of nitrogens with one attached hydrogen (secondary N) is 2. The van der Waals surface area contributed by atoms with Crippen LogP contribution in [0.25, 0.3) is 0 Å². The summed E-state index contributed by atoms with van der Waals surface area (Å²) >= 11 is 0. The molecule has 0 atom stereocenters. The lowest BCUT2D eigenvalue weighted by Gasteiger charge is -2.21. The molecule has 8 heteroatoms. The second-order valence-electron chi connectivity index (χ2n) is 7.16. The third-order valence-electron chi connectivity index (χ3n) is 3.52. The van der Waals surface area contributed by atoms with Gasteiger partial charge in [0.25, 0.3) is 0 Å². The van der Waals surface area contributed by atoms with Gasteiger partial charge in [-0.25, -0.2) is 13.1 Å². The van der Waals surface area contributed by atoms with E-state index in [0.717, 1.165) is 5.56 Å². The number of benzene rings is 2. The van der Waals surface area contributed by atoms with Crippen LogP contribution in [0.2, 0.25) is 0 Å². The predicted molar refractivity (Wildman–Crippen MR) is 110 cm³/mol. The summed E-state index contributed by atoms with van der Waals surface area (Å²) in [6.45, 7) is 5.47. The highest BCUT2D eigenvalue weighted by Gasteiger charge is 2.24. The Hall–Kier alpha value is -2.09. The molecule has 0 heterocycles. The summed E-state index contributed by atoms with van der Waals surface area (Å²) < 4.78 is 27.8. The SMILES string of the molecule is CC(C)(C)NS(=O)(=O)c1ccccc1CNC(=O)Cc1ccc(N)cc1.Cl. The maximum Gasteiger partial charge on any atom is 0.241 e. The minimum absolute atomic E-state index is 0. The summed E-state index contributed by atoms with van der Waals surface area (Å²) in [4.78, 5) is 12.3. The van der Waals surface area contributed by atoms with Crippen molar-refractivity contribution in [1.29, 1.82) is 0 Å². The van der Waals surface area contributed by atoms with Gasteiger partial charge in [-0.1, -0.05) is 30.3 Å². The lowest BCUT2D eigenvalue weighted by Crippen LogP contribution is -2.41. The number of halogens is 1. The van der Waals surface area contributed by atoms with Crippen LogP contribution in [-0.4, -0.2) is 19.9 Å². The second kappa shape index (κ2) is 9.21. The molecule has 0 aromatic heterocycles. The van der Waals surface area contributed by atoms with E-state index in [1.165, 1.54) is 6.07 Å². The highest BCUT2D eigenvalue weighted by atomic mass is 35.5. The number of anilines is 1. The van der Waals surface area contributed by atoms with E-state index in [2.05, 4.69) is 10.0 Å². The maximum atomic E-state index is 12.6. The largest absolute Gasteiger partial charge is 0.399 e. The first-order chi connectivity index (χ1) is 12.1. The number of nitrogen functional groups attached to an aromatic ring is 1. The van der Waals surface area contributed by atoms with Gasteiger partial charge in [0, 0.05) is 17.8 Å². The van der Waals surface area contributed by atoms with Gasteiger partial charge in [0.2, 0.25) is 15.9 Å². The van der Waals surface area contributed by atoms with E-state index in [0.29, 0.717) is 11.3 Å². The minimum atomic E-state index is -3.68. The van der Waals surface area contributed by atoms with E-state index in [1.807, 2.05) is 0 Å². The van der Waals surface area contributed by atoms with Gasteiger partial charge in [-0.2, -0.15) is 0 Å². The Balaban J connectivity index is 0.00000364. The number of nitrogens with two attached hydrogens (primary N) is 1. The summed E-state index contributed by atoms with van der Waals surface area (Å²) in [6, 6.07) is 13.7. The van der Waals surface area contributed by atoms with Crippen LogP contribution in [0.3, 0.4) is 0 Å². The molecule has 0 radical (unpaired) electrons. The predicted octanol–water partition coefficient (Wildman–Crippen LogP) is 2.63. The van der Waals surface area contributed by atoms with Crippen LogP contribution in [0.15, 0.2) is 53.4 Å². The van der Waals surface area contributed by atoms with Crippen molar-refractivity contribution in [2.45, 2.75) is 44.2 Å². The Kier molecular flexibility index (Phi) is 7.83. The molecule has 0 saturated carbocycles. The lowest BCUT2D eigenvalue weighted by atomic mass is 10.1. The zero-order valence-electron chi connectivity index (χ0n) is 15.7. The summed E-state index contributed by atoms with van der Waals surface area (Å²) in [6.07, 6.45) is 0.204. The number of hydrogen-bond acceptors (Lipinski definition) is 4. The van der Waals surface area contributed by atoms with Crippen molar-refractivity contribution in [2.75, 3.05) is 5.73 Å². The van der Waals surface area contributed by atoms with Gasteiger partial charge in [-0.05, 0) is 50.1 Å². The van der Waals surface area contributed by atoms with E-state index in [-0.39, 0.29) is 36.2 Å². The van der Waals surface area contributed by atoms with Crippen molar-refractivity contribution in [3.8, 4) is 0 Å². The van der Waals surface area contributed by atoms with E-state index in [1.54, 1.807) is 63.2 Å². The molecular formula is C19H26ClN3O3S. The van der Waals surface area contributed by atoms with Crippen LogP contribution in [0.4, 0.5) is 5.69 Å². The van der Waals surface area contributed by atoms with Gasteiger partial charge in [-0.15, -0.1) is 12.4 Å². The Morgan fingerprint density at radius 2 is 1.63 bits per heavy atom. The van der Waals surface area contributed by atoms with Crippen LogP contribution >= 0.6 is 12.4 Å². The zero-order valence-corrected chi connectivity index (χ0v) is 17.3. The molecule has 0 saturated heterocycles. The van der Waals surface area contributed by atoms with Gasteiger partial charge in [0.05, 0.1) is 11.3 Å². The molecule has 0 unspecified atom stereocenters. The molecule has 0 aliphatic carbocycles. The molecule has 1 amide bonds. The van der Waals surface area contributed by atoms with Gasteiger partial charge >= 0.3 is 0 Å². The average Bonchev–Trinajstić information content (AvgIpc) is 2.53. The summed E-state index contributed by atoms with van der Waals surface area (Å²) in [7, 11) is -3.68. The number of hydrogen-bond donors (Lipinski definition) is 3. The first-order valence-electron chi connectivity index (χ1n) is 8.30. The number of carbonyl (C=O) groups excluding carboxylic acids is 1. The highest BCUT2D eigenvalue weighted by molar-refractivity contribution is 7.89. The van der Waals surface area contributed by atoms with Crippen molar-refractivity contribution in [3.63, 3.8) is 0 Å². The molecule has 2 rings (SSSR count). The molecule has 6 nitrogen and oxygen atoms in total. The van der Waals surface area contributed by atoms with Crippen molar-refractivity contribution < 1.29 is 13.2 Å². The molecule has 0 aliphatic heterocycles. The molecule has 0 spiro atoms. The molecule has 2 aromatic rings. The first-order valence-corrected chi connectivity index (χ1v) is 9.78. The fourth-order valence-corrected chi connectivity index (χ4v) is 4.11. The number of rotatable bonds is 6. The summed E-state index contributed by atoms with van der Waals surface area (Å²) in [5.41, 5.74) is 7.05. The van der Waals surface area contributed by atoms with Gasteiger partial charge in [0.15, 0.2) is 0 Å². The Bertz CT molecular complexity index is 876. The topological polar surface area (TPSA) is 101 Å². The van der Waals surface area contributed by atoms with Crippen molar-refractivity contribution in [2.24, 2.45) is 0 Å².